The second-order valence-corrected chi connectivity index (χ2v) is 5.68. The predicted octanol–water partition coefficient (Wildman–Crippen LogP) is 1.06. The number of hydrogen-bond acceptors (Lipinski definition) is 6. The first-order chi connectivity index (χ1) is 9.22. The van der Waals surface area contributed by atoms with Crippen molar-refractivity contribution in [2.75, 3.05) is 26.2 Å². The SMILES string of the molecule is CC1CC(c2nc(C(N)CN3CCCC3)no2)CO1. The summed E-state index contributed by atoms with van der Waals surface area (Å²) in [5, 5.41) is 4.03. The molecule has 2 saturated heterocycles. The summed E-state index contributed by atoms with van der Waals surface area (Å²) in [6.07, 6.45) is 3.75. The van der Waals surface area contributed by atoms with Crippen LogP contribution >= 0.6 is 0 Å². The van der Waals surface area contributed by atoms with E-state index in [2.05, 4.69) is 22.0 Å². The third-order valence-corrected chi connectivity index (χ3v) is 3.99. The molecule has 0 aromatic carbocycles. The standard InChI is InChI=1S/C13H22N4O2/c1-9-6-10(8-18-9)13-15-12(16-19-13)11(14)7-17-4-2-3-5-17/h9-11H,2-8,14H2,1H3. The minimum atomic E-state index is -0.157. The molecule has 0 radical (unpaired) electrons. The fourth-order valence-corrected chi connectivity index (χ4v) is 2.88. The van der Waals surface area contributed by atoms with Gasteiger partial charge in [0, 0.05) is 6.54 Å². The summed E-state index contributed by atoms with van der Waals surface area (Å²) in [4.78, 5) is 6.82. The highest BCUT2D eigenvalue weighted by Gasteiger charge is 2.29. The van der Waals surface area contributed by atoms with Crippen LogP contribution < -0.4 is 5.73 Å². The Hall–Kier alpha value is -0.980. The number of aromatic nitrogens is 2. The van der Waals surface area contributed by atoms with Crippen molar-refractivity contribution in [1.82, 2.24) is 15.0 Å². The van der Waals surface area contributed by atoms with Crippen molar-refractivity contribution < 1.29 is 9.26 Å². The molecule has 1 aromatic heterocycles. The van der Waals surface area contributed by atoms with Gasteiger partial charge in [0.2, 0.25) is 5.89 Å². The van der Waals surface area contributed by atoms with E-state index in [9.17, 15) is 0 Å². The van der Waals surface area contributed by atoms with E-state index in [4.69, 9.17) is 15.0 Å². The molecule has 0 amide bonds. The van der Waals surface area contributed by atoms with E-state index in [0.29, 0.717) is 18.3 Å². The molecule has 3 unspecified atom stereocenters. The molecule has 3 heterocycles. The van der Waals surface area contributed by atoms with Crippen LogP contribution in [-0.2, 0) is 4.74 Å². The predicted molar refractivity (Wildman–Crippen MR) is 69.7 cm³/mol. The zero-order chi connectivity index (χ0) is 13.2. The normalized spacial score (nSPS) is 30.0. The maximum atomic E-state index is 6.16. The molecule has 2 aliphatic rings. The molecule has 106 valence electrons. The largest absolute Gasteiger partial charge is 0.378 e. The average molecular weight is 266 g/mol. The molecular formula is C13H22N4O2. The monoisotopic (exact) mass is 266 g/mol. The van der Waals surface area contributed by atoms with E-state index < -0.39 is 0 Å². The molecule has 19 heavy (non-hydrogen) atoms. The van der Waals surface area contributed by atoms with Gasteiger partial charge in [-0.05, 0) is 39.3 Å². The van der Waals surface area contributed by atoms with E-state index in [1.54, 1.807) is 0 Å². The second kappa shape index (κ2) is 5.56. The summed E-state index contributed by atoms with van der Waals surface area (Å²) in [6, 6.07) is -0.157. The van der Waals surface area contributed by atoms with E-state index in [1.807, 2.05) is 0 Å². The lowest BCUT2D eigenvalue weighted by Crippen LogP contribution is -2.30. The van der Waals surface area contributed by atoms with Crippen molar-refractivity contribution >= 4 is 0 Å². The lowest BCUT2D eigenvalue weighted by molar-refractivity contribution is 0.122. The summed E-state index contributed by atoms with van der Waals surface area (Å²) >= 11 is 0. The minimum absolute atomic E-state index is 0.157. The molecule has 0 saturated carbocycles. The molecule has 0 aliphatic carbocycles. The van der Waals surface area contributed by atoms with Gasteiger partial charge in [0.25, 0.3) is 0 Å². The number of nitrogens with zero attached hydrogens (tertiary/aromatic N) is 3. The van der Waals surface area contributed by atoms with Crippen molar-refractivity contribution in [3.63, 3.8) is 0 Å². The first kappa shape index (κ1) is 13.0. The lowest BCUT2D eigenvalue weighted by Gasteiger charge is -2.17. The van der Waals surface area contributed by atoms with Gasteiger partial charge < -0.3 is 19.9 Å². The fraction of sp³-hybridized carbons (Fsp3) is 0.846. The Morgan fingerprint density at radius 2 is 2.21 bits per heavy atom. The Balaban J connectivity index is 1.60. The van der Waals surface area contributed by atoms with Crippen LogP contribution in [0, 0.1) is 0 Å². The van der Waals surface area contributed by atoms with Crippen LogP contribution in [0.15, 0.2) is 4.52 Å². The topological polar surface area (TPSA) is 77.4 Å². The van der Waals surface area contributed by atoms with Crippen molar-refractivity contribution in [2.45, 2.75) is 44.2 Å². The molecular weight excluding hydrogens is 244 g/mol. The zero-order valence-electron chi connectivity index (χ0n) is 11.4. The molecule has 2 fully saturated rings. The summed E-state index contributed by atoms with van der Waals surface area (Å²) in [5.41, 5.74) is 6.16. The van der Waals surface area contributed by atoms with Gasteiger partial charge in [0.05, 0.1) is 24.7 Å². The number of hydrogen-bond donors (Lipinski definition) is 1. The lowest BCUT2D eigenvalue weighted by atomic mass is 10.1. The Labute approximate surface area is 113 Å². The van der Waals surface area contributed by atoms with Gasteiger partial charge in [0.1, 0.15) is 0 Å². The van der Waals surface area contributed by atoms with E-state index in [1.165, 1.54) is 12.8 Å². The number of ether oxygens (including phenoxy) is 1. The smallest absolute Gasteiger partial charge is 0.232 e. The molecule has 2 N–H and O–H groups in total. The van der Waals surface area contributed by atoms with Crippen LogP contribution in [0.1, 0.15) is 49.9 Å². The van der Waals surface area contributed by atoms with Gasteiger partial charge >= 0.3 is 0 Å². The van der Waals surface area contributed by atoms with Crippen LogP contribution in [0.5, 0.6) is 0 Å². The van der Waals surface area contributed by atoms with Crippen molar-refractivity contribution in [2.24, 2.45) is 5.73 Å². The number of likely N-dealkylation sites (tertiary alicyclic amines) is 1. The minimum Gasteiger partial charge on any atom is -0.378 e. The molecule has 3 rings (SSSR count). The van der Waals surface area contributed by atoms with E-state index in [-0.39, 0.29) is 18.1 Å². The maximum absolute atomic E-state index is 6.16. The highest BCUT2D eigenvalue weighted by atomic mass is 16.5. The summed E-state index contributed by atoms with van der Waals surface area (Å²) in [6.45, 7) is 5.82. The Morgan fingerprint density at radius 3 is 2.89 bits per heavy atom. The maximum Gasteiger partial charge on any atom is 0.232 e. The van der Waals surface area contributed by atoms with Crippen LogP contribution in [0.3, 0.4) is 0 Å². The zero-order valence-corrected chi connectivity index (χ0v) is 11.4. The molecule has 3 atom stereocenters. The van der Waals surface area contributed by atoms with Gasteiger partial charge in [0.15, 0.2) is 5.82 Å². The molecule has 0 bridgehead atoms. The van der Waals surface area contributed by atoms with E-state index >= 15 is 0 Å². The first-order valence-corrected chi connectivity index (χ1v) is 7.15. The highest BCUT2D eigenvalue weighted by Crippen LogP contribution is 2.28. The molecule has 0 spiro atoms. The average Bonchev–Trinajstić information content (AvgIpc) is 3.07. The Morgan fingerprint density at radius 1 is 1.42 bits per heavy atom. The van der Waals surface area contributed by atoms with Crippen LogP contribution in [0.4, 0.5) is 0 Å². The molecule has 2 aliphatic heterocycles. The van der Waals surface area contributed by atoms with Crippen LogP contribution in [0.25, 0.3) is 0 Å². The molecule has 6 nitrogen and oxygen atoms in total. The first-order valence-electron chi connectivity index (χ1n) is 7.15. The number of rotatable bonds is 4. The van der Waals surface area contributed by atoms with Crippen LogP contribution in [0.2, 0.25) is 0 Å². The third-order valence-electron chi connectivity index (χ3n) is 3.99. The van der Waals surface area contributed by atoms with Gasteiger partial charge in [-0.15, -0.1) is 0 Å². The van der Waals surface area contributed by atoms with Crippen LogP contribution in [-0.4, -0.2) is 47.4 Å². The summed E-state index contributed by atoms with van der Waals surface area (Å²) in [5.74, 6) is 1.54. The fourth-order valence-electron chi connectivity index (χ4n) is 2.88. The van der Waals surface area contributed by atoms with Crippen molar-refractivity contribution in [3.8, 4) is 0 Å². The number of nitrogens with two attached hydrogens (primary N) is 1. The van der Waals surface area contributed by atoms with Gasteiger partial charge in [-0.3, -0.25) is 0 Å². The molecule has 6 heteroatoms. The summed E-state index contributed by atoms with van der Waals surface area (Å²) in [7, 11) is 0. The van der Waals surface area contributed by atoms with Crippen molar-refractivity contribution in [3.05, 3.63) is 11.7 Å². The second-order valence-electron chi connectivity index (χ2n) is 5.68. The van der Waals surface area contributed by atoms with E-state index in [0.717, 1.165) is 26.1 Å². The third kappa shape index (κ3) is 2.96. The van der Waals surface area contributed by atoms with Gasteiger partial charge in [-0.25, -0.2) is 0 Å². The van der Waals surface area contributed by atoms with Gasteiger partial charge in [-0.2, -0.15) is 4.98 Å². The highest BCUT2D eigenvalue weighted by molar-refractivity contribution is 5.00. The van der Waals surface area contributed by atoms with Crippen molar-refractivity contribution in [1.29, 1.82) is 0 Å². The Kier molecular flexibility index (Phi) is 3.81. The van der Waals surface area contributed by atoms with Gasteiger partial charge in [-0.1, -0.05) is 5.16 Å². The Bertz CT molecular complexity index is 417. The molecule has 1 aromatic rings. The summed E-state index contributed by atoms with van der Waals surface area (Å²) < 4.78 is 10.9. The quantitative estimate of drug-likeness (QED) is 0.878.